The van der Waals surface area contributed by atoms with Gasteiger partial charge in [0.2, 0.25) is 0 Å². The molecule has 1 N–H and O–H groups in total. The first-order chi connectivity index (χ1) is 13.0. The highest BCUT2D eigenvalue weighted by atomic mass is 32.2. The number of aryl methyl sites for hydroxylation is 1. The average molecular weight is 386 g/mol. The van der Waals surface area contributed by atoms with Gasteiger partial charge >= 0.3 is 0 Å². The zero-order chi connectivity index (χ0) is 19.4. The van der Waals surface area contributed by atoms with Crippen molar-refractivity contribution in [1.82, 2.24) is 10.4 Å². The summed E-state index contributed by atoms with van der Waals surface area (Å²) in [7, 11) is 1.60. The Balaban J connectivity index is 1.68. The summed E-state index contributed by atoms with van der Waals surface area (Å²) in [6.45, 7) is 3.58. The Hall–Kier alpha value is -2.67. The molecule has 0 aliphatic carbocycles. The maximum atomic E-state index is 12.6. The summed E-state index contributed by atoms with van der Waals surface area (Å²) < 4.78 is 10.9. The highest BCUT2D eigenvalue weighted by Crippen LogP contribution is 2.37. The van der Waals surface area contributed by atoms with E-state index in [4.69, 9.17) is 9.47 Å². The highest BCUT2D eigenvalue weighted by Gasteiger charge is 2.35. The van der Waals surface area contributed by atoms with Crippen LogP contribution in [0, 0.1) is 6.92 Å². The van der Waals surface area contributed by atoms with Crippen LogP contribution >= 0.6 is 11.8 Å². The summed E-state index contributed by atoms with van der Waals surface area (Å²) in [5, 5.41) is 1.10. The number of nitrogens with one attached hydrogen (secondary N) is 1. The third-order valence-corrected chi connectivity index (χ3v) is 5.48. The predicted octanol–water partition coefficient (Wildman–Crippen LogP) is 3.08. The molecule has 1 aliphatic rings. The average Bonchev–Trinajstić information content (AvgIpc) is 3.04. The lowest BCUT2D eigenvalue weighted by molar-refractivity contribution is -0.142. The topological polar surface area (TPSA) is 67.9 Å². The maximum Gasteiger partial charge on any atom is 0.279 e. The second kappa shape index (κ2) is 8.35. The first-order valence-electron chi connectivity index (χ1n) is 8.60. The van der Waals surface area contributed by atoms with Crippen molar-refractivity contribution in [3.63, 3.8) is 0 Å². The first kappa shape index (κ1) is 19.1. The molecule has 3 rings (SSSR count). The van der Waals surface area contributed by atoms with Crippen LogP contribution in [0.3, 0.4) is 0 Å². The second-order valence-electron chi connectivity index (χ2n) is 6.20. The molecule has 7 heteroatoms. The SMILES string of the molecule is COc1ccc(C2SCC(=O)N2NC(=O)C(C)Oc2ccccc2C)cc1. The van der Waals surface area contributed by atoms with Gasteiger partial charge in [0, 0.05) is 0 Å². The number of hydrazine groups is 1. The summed E-state index contributed by atoms with van der Waals surface area (Å²) in [4.78, 5) is 24.9. The number of nitrogens with zero attached hydrogens (tertiary/aromatic N) is 1. The fraction of sp³-hybridized carbons (Fsp3) is 0.300. The number of benzene rings is 2. The van der Waals surface area contributed by atoms with Crippen molar-refractivity contribution in [2.75, 3.05) is 12.9 Å². The van der Waals surface area contributed by atoms with E-state index in [0.29, 0.717) is 11.5 Å². The Labute approximate surface area is 162 Å². The minimum absolute atomic E-state index is 0.141. The van der Waals surface area contributed by atoms with Crippen LogP contribution < -0.4 is 14.9 Å². The fourth-order valence-corrected chi connectivity index (χ4v) is 3.81. The summed E-state index contributed by atoms with van der Waals surface area (Å²) >= 11 is 1.47. The molecule has 0 saturated carbocycles. The van der Waals surface area contributed by atoms with Crippen LogP contribution in [-0.4, -0.2) is 35.8 Å². The number of amides is 2. The van der Waals surface area contributed by atoms with Crippen molar-refractivity contribution >= 4 is 23.6 Å². The van der Waals surface area contributed by atoms with Crippen LogP contribution in [0.4, 0.5) is 0 Å². The van der Waals surface area contributed by atoms with Gasteiger partial charge in [0.25, 0.3) is 11.8 Å². The van der Waals surface area contributed by atoms with E-state index in [0.717, 1.165) is 16.9 Å². The van der Waals surface area contributed by atoms with E-state index in [-0.39, 0.29) is 17.2 Å². The van der Waals surface area contributed by atoms with Gasteiger partial charge in [-0.25, -0.2) is 5.01 Å². The van der Waals surface area contributed by atoms with E-state index in [1.54, 1.807) is 14.0 Å². The van der Waals surface area contributed by atoms with Crippen molar-refractivity contribution in [1.29, 1.82) is 0 Å². The zero-order valence-electron chi connectivity index (χ0n) is 15.5. The van der Waals surface area contributed by atoms with Crippen molar-refractivity contribution in [2.24, 2.45) is 0 Å². The molecule has 1 fully saturated rings. The van der Waals surface area contributed by atoms with Gasteiger partial charge in [0.1, 0.15) is 16.9 Å². The predicted molar refractivity (Wildman–Crippen MR) is 104 cm³/mol. The summed E-state index contributed by atoms with van der Waals surface area (Å²) in [6.07, 6.45) is -0.735. The Morgan fingerprint density at radius 1 is 1.22 bits per heavy atom. The van der Waals surface area contributed by atoms with E-state index in [9.17, 15) is 9.59 Å². The largest absolute Gasteiger partial charge is 0.497 e. The molecule has 2 aromatic carbocycles. The van der Waals surface area contributed by atoms with E-state index in [1.807, 2.05) is 55.5 Å². The number of thioether (sulfide) groups is 1. The van der Waals surface area contributed by atoms with E-state index >= 15 is 0 Å². The van der Waals surface area contributed by atoms with Crippen LogP contribution in [-0.2, 0) is 9.59 Å². The minimum Gasteiger partial charge on any atom is -0.497 e. The number of carbonyl (C=O) groups excluding carboxylic acids is 2. The Kier molecular flexibility index (Phi) is 5.91. The van der Waals surface area contributed by atoms with E-state index < -0.39 is 6.10 Å². The number of ether oxygens (including phenoxy) is 2. The number of rotatable bonds is 6. The quantitative estimate of drug-likeness (QED) is 0.826. The van der Waals surface area contributed by atoms with Crippen LogP contribution in [0.1, 0.15) is 23.4 Å². The Morgan fingerprint density at radius 3 is 2.59 bits per heavy atom. The van der Waals surface area contributed by atoms with Gasteiger partial charge in [-0.05, 0) is 43.2 Å². The number of methoxy groups -OCH3 is 1. The number of para-hydroxylation sites is 1. The summed E-state index contributed by atoms with van der Waals surface area (Å²) in [5.41, 5.74) is 4.57. The lowest BCUT2D eigenvalue weighted by Gasteiger charge is -2.26. The van der Waals surface area contributed by atoms with Crippen molar-refractivity contribution in [2.45, 2.75) is 25.3 Å². The van der Waals surface area contributed by atoms with Crippen LogP contribution in [0.2, 0.25) is 0 Å². The Morgan fingerprint density at radius 2 is 1.93 bits per heavy atom. The van der Waals surface area contributed by atoms with Gasteiger partial charge in [-0.15, -0.1) is 11.8 Å². The molecule has 27 heavy (non-hydrogen) atoms. The van der Waals surface area contributed by atoms with Crippen molar-refractivity contribution in [3.05, 3.63) is 59.7 Å². The molecule has 2 unspecified atom stereocenters. The molecule has 0 bridgehead atoms. The number of carbonyl (C=O) groups is 2. The van der Waals surface area contributed by atoms with Crippen LogP contribution in [0.5, 0.6) is 11.5 Å². The van der Waals surface area contributed by atoms with Crippen molar-refractivity contribution < 1.29 is 19.1 Å². The molecule has 1 saturated heterocycles. The normalized spacial score (nSPS) is 17.5. The van der Waals surface area contributed by atoms with Gasteiger partial charge < -0.3 is 9.47 Å². The van der Waals surface area contributed by atoms with Crippen LogP contribution in [0.15, 0.2) is 48.5 Å². The van der Waals surface area contributed by atoms with Crippen molar-refractivity contribution in [3.8, 4) is 11.5 Å². The summed E-state index contributed by atoms with van der Waals surface area (Å²) in [6, 6.07) is 14.9. The number of hydrogen-bond acceptors (Lipinski definition) is 5. The highest BCUT2D eigenvalue weighted by molar-refractivity contribution is 8.00. The molecule has 1 heterocycles. The molecule has 142 valence electrons. The van der Waals surface area contributed by atoms with Gasteiger partial charge in [0.05, 0.1) is 12.9 Å². The summed E-state index contributed by atoms with van der Waals surface area (Å²) in [5.74, 6) is 1.19. The third kappa shape index (κ3) is 4.36. The van der Waals surface area contributed by atoms with E-state index in [1.165, 1.54) is 16.8 Å². The zero-order valence-corrected chi connectivity index (χ0v) is 16.3. The van der Waals surface area contributed by atoms with Gasteiger partial charge in [-0.1, -0.05) is 30.3 Å². The first-order valence-corrected chi connectivity index (χ1v) is 9.65. The molecule has 2 atom stereocenters. The smallest absolute Gasteiger partial charge is 0.279 e. The van der Waals surface area contributed by atoms with Gasteiger partial charge in [-0.3, -0.25) is 15.0 Å². The number of hydrogen-bond donors (Lipinski definition) is 1. The molecule has 2 aromatic rings. The monoisotopic (exact) mass is 386 g/mol. The van der Waals surface area contributed by atoms with Crippen LogP contribution in [0.25, 0.3) is 0 Å². The Bertz CT molecular complexity index is 825. The fourth-order valence-electron chi connectivity index (χ4n) is 2.70. The molecule has 0 radical (unpaired) electrons. The second-order valence-corrected chi connectivity index (χ2v) is 7.27. The molecule has 6 nitrogen and oxygen atoms in total. The molecule has 0 spiro atoms. The minimum atomic E-state index is -0.735. The lowest BCUT2D eigenvalue weighted by atomic mass is 10.2. The van der Waals surface area contributed by atoms with E-state index in [2.05, 4.69) is 5.43 Å². The molecule has 2 amide bonds. The maximum absolute atomic E-state index is 12.6. The van der Waals surface area contributed by atoms with Gasteiger partial charge in [0.15, 0.2) is 6.10 Å². The lowest BCUT2D eigenvalue weighted by Crippen LogP contribution is -2.49. The standard InChI is InChI=1S/C20H22N2O4S/c1-13-6-4-5-7-17(13)26-14(2)19(24)21-22-18(23)12-27-20(22)15-8-10-16(25-3)11-9-15/h4-11,14,20H,12H2,1-3H3,(H,21,24). The molecular formula is C20H22N2O4S. The molecular weight excluding hydrogens is 364 g/mol. The molecule has 1 aliphatic heterocycles. The molecule has 0 aromatic heterocycles. The van der Waals surface area contributed by atoms with Gasteiger partial charge in [-0.2, -0.15) is 0 Å². The third-order valence-electron chi connectivity index (χ3n) is 4.27.